The molecule has 0 saturated carbocycles. The first-order chi connectivity index (χ1) is 10.5. The summed E-state index contributed by atoms with van der Waals surface area (Å²) < 4.78 is 3.19. The minimum Gasteiger partial charge on any atom is -0.284 e. The van der Waals surface area contributed by atoms with Gasteiger partial charge in [0, 0.05) is 35.9 Å². The Morgan fingerprint density at radius 3 is 1.32 bits per heavy atom. The van der Waals surface area contributed by atoms with Gasteiger partial charge in [-0.3, -0.25) is 18.7 Å². The van der Waals surface area contributed by atoms with E-state index in [9.17, 15) is 9.59 Å². The Morgan fingerprint density at radius 1 is 0.591 bits per heavy atom. The van der Waals surface area contributed by atoms with Gasteiger partial charge in [-0.25, -0.2) is 0 Å². The third kappa shape index (κ3) is 2.63. The van der Waals surface area contributed by atoms with E-state index >= 15 is 0 Å². The van der Waals surface area contributed by atoms with Crippen molar-refractivity contribution in [1.29, 1.82) is 0 Å². The van der Waals surface area contributed by atoms with Crippen LogP contribution in [0, 0.1) is 13.8 Å². The fourth-order valence-corrected chi connectivity index (χ4v) is 2.36. The average Bonchev–Trinajstić information content (AvgIpc) is 2.52. The van der Waals surface area contributed by atoms with Gasteiger partial charge in [0.05, 0.1) is 0 Å². The van der Waals surface area contributed by atoms with Gasteiger partial charge in [0.15, 0.2) is 0 Å². The Hall–Kier alpha value is -2.88. The molecule has 22 heavy (non-hydrogen) atoms. The smallest absolute Gasteiger partial charge is 0.255 e. The number of aromatic nitrogens is 2. The van der Waals surface area contributed by atoms with E-state index in [4.69, 9.17) is 0 Å². The molecule has 0 fully saturated rings. The molecule has 0 amide bonds. The van der Waals surface area contributed by atoms with Crippen LogP contribution in [0.4, 0.5) is 0 Å². The van der Waals surface area contributed by atoms with Gasteiger partial charge < -0.3 is 0 Å². The second-order valence-corrected chi connectivity index (χ2v) is 5.35. The second-order valence-electron chi connectivity index (χ2n) is 5.35. The maximum absolute atomic E-state index is 11.9. The molecule has 0 unspecified atom stereocenters. The minimum atomic E-state index is -0.0777. The number of rotatable bonds is 2. The number of hydrogen-bond donors (Lipinski definition) is 0. The Kier molecular flexibility index (Phi) is 3.51. The van der Waals surface area contributed by atoms with Gasteiger partial charge in [0.1, 0.15) is 0 Å². The summed E-state index contributed by atoms with van der Waals surface area (Å²) in [4.78, 5) is 23.9. The van der Waals surface area contributed by atoms with Crippen LogP contribution in [0.2, 0.25) is 0 Å². The van der Waals surface area contributed by atoms with Crippen molar-refractivity contribution in [2.75, 3.05) is 0 Å². The van der Waals surface area contributed by atoms with Crippen molar-refractivity contribution >= 4 is 0 Å². The van der Waals surface area contributed by atoms with Crippen LogP contribution in [0.1, 0.15) is 11.1 Å². The minimum absolute atomic E-state index is 0.0777. The normalized spacial score (nSPS) is 10.6. The Bertz CT molecular complexity index is 856. The van der Waals surface area contributed by atoms with Crippen molar-refractivity contribution < 1.29 is 0 Å². The van der Waals surface area contributed by atoms with Gasteiger partial charge in [-0.05, 0) is 49.2 Å². The van der Waals surface area contributed by atoms with E-state index in [-0.39, 0.29) is 11.1 Å². The highest BCUT2D eigenvalue weighted by Gasteiger charge is 2.03. The molecule has 3 rings (SSSR count). The zero-order valence-electron chi connectivity index (χ0n) is 12.5. The molecule has 110 valence electrons. The zero-order valence-corrected chi connectivity index (χ0v) is 12.5. The summed E-state index contributed by atoms with van der Waals surface area (Å²) in [5, 5.41) is 0. The Labute approximate surface area is 127 Å². The monoisotopic (exact) mass is 292 g/mol. The molecule has 4 heteroatoms. The average molecular weight is 292 g/mol. The van der Waals surface area contributed by atoms with Crippen LogP contribution < -0.4 is 11.1 Å². The van der Waals surface area contributed by atoms with Crippen molar-refractivity contribution in [3.05, 3.63) is 92.8 Å². The number of pyridine rings is 2. The van der Waals surface area contributed by atoms with Gasteiger partial charge in [0.25, 0.3) is 11.1 Å². The SMILES string of the molecule is Cc1ccc(=O)n(-c2ccc(-n3cc(C)ccc3=O)cc2)c1. The predicted octanol–water partition coefficient (Wildman–Crippen LogP) is 2.61. The molecule has 0 spiro atoms. The van der Waals surface area contributed by atoms with E-state index in [0.717, 1.165) is 22.5 Å². The van der Waals surface area contributed by atoms with Gasteiger partial charge in [-0.2, -0.15) is 0 Å². The molecule has 0 aliphatic carbocycles. The maximum atomic E-state index is 11.9. The molecule has 2 aromatic heterocycles. The summed E-state index contributed by atoms with van der Waals surface area (Å²) in [6.45, 7) is 3.88. The van der Waals surface area contributed by atoms with E-state index < -0.39 is 0 Å². The van der Waals surface area contributed by atoms with E-state index in [2.05, 4.69) is 0 Å². The van der Waals surface area contributed by atoms with E-state index in [1.807, 2.05) is 38.1 Å². The predicted molar refractivity (Wildman–Crippen MR) is 87.1 cm³/mol. The summed E-state index contributed by atoms with van der Waals surface area (Å²) in [7, 11) is 0. The van der Waals surface area contributed by atoms with Gasteiger partial charge >= 0.3 is 0 Å². The Balaban J connectivity index is 2.07. The summed E-state index contributed by atoms with van der Waals surface area (Å²) in [6, 6.07) is 14.0. The van der Waals surface area contributed by atoms with E-state index in [1.54, 1.807) is 45.8 Å². The van der Waals surface area contributed by atoms with Crippen LogP contribution in [-0.2, 0) is 0 Å². The van der Waals surface area contributed by atoms with Crippen molar-refractivity contribution in [1.82, 2.24) is 9.13 Å². The third-order valence-corrected chi connectivity index (χ3v) is 3.52. The summed E-state index contributed by atoms with van der Waals surface area (Å²) in [5.74, 6) is 0. The number of nitrogens with zero attached hydrogens (tertiary/aromatic N) is 2. The molecule has 0 saturated heterocycles. The quantitative estimate of drug-likeness (QED) is 0.728. The van der Waals surface area contributed by atoms with Crippen LogP contribution >= 0.6 is 0 Å². The fourth-order valence-electron chi connectivity index (χ4n) is 2.36. The molecule has 0 aliphatic rings. The molecule has 0 N–H and O–H groups in total. The second kappa shape index (κ2) is 5.48. The van der Waals surface area contributed by atoms with Crippen LogP contribution in [0.3, 0.4) is 0 Å². The van der Waals surface area contributed by atoms with Crippen LogP contribution in [0.25, 0.3) is 11.4 Å². The van der Waals surface area contributed by atoms with Crippen molar-refractivity contribution in [2.45, 2.75) is 13.8 Å². The first-order valence-electron chi connectivity index (χ1n) is 7.04. The molecule has 2 heterocycles. The lowest BCUT2D eigenvalue weighted by Gasteiger charge is -2.10. The number of hydrogen-bond acceptors (Lipinski definition) is 2. The topological polar surface area (TPSA) is 44.0 Å². The summed E-state index contributed by atoms with van der Waals surface area (Å²) in [5.41, 5.74) is 3.42. The Morgan fingerprint density at radius 2 is 0.955 bits per heavy atom. The van der Waals surface area contributed by atoms with E-state index in [1.165, 1.54) is 0 Å². The number of benzene rings is 1. The summed E-state index contributed by atoms with van der Waals surface area (Å²) in [6.07, 6.45) is 3.60. The highest BCUT2D eigenvalue weighted by atomic mass is 16.1. The van der Waals surface area contributed by atoms with Crippen molar-refractivity contribution in [2.24, 2.45) is 0 Å². The lowest BCUT2D eigenvalue weighted by molar-refractivity contribution is 0.956. The van der Waals surface area contributed by atoms with Gasteiger partial charge in [-0.15, -0.1) is 0 Å². The lowest BCUT2D eigenvalue weighted by Crippen LogP contribution is -2.18. The molecule has 3 aromatic rings. The number of aryl methyl sites for hydroxylation is 2. The van der Waals surface area contributed by atoms with Crippen molar-refractivity contribution in [3.63, 3.8) is 0 Å². The maximum Gasteiger partial charge on any atom is 0.255 e. The summed E-state index contributed by atoms with van der Waals surface area (Å²) >= 11 is 0. The van der Waals surface area contributed by atoms with Crippen molar-refractivity contribution in [3.8, 4) is 11.4 Å². The first kappa shape index (κ1) is 14.1. The first-order valence-corrected chi connectivity index (χ1v) is 7.04. The standard InChI is InChI=1S/C18H16N2O2/c1-13-3-9-17(21)19(11-13)15-5-7-16(8-6-15)20-12-14(2)4-10-18(20)22/h3-12H,1-2H3. The van der Waals surface area contributed by atoms with Crippen LogP contribution in [-0.4, -0.2) is 9.13 Å². The largest absolute Gasteiger partial charge is 0.284 e. The zero-order chi connectivity index (χ0) is 15.7. The molecule has 4 nitrogen and oxygen atoms in total. The van der Waals surface area contributed by atoms with E-state index in [0.29, 0.717) is 0 Å². The van der Waals surface area contributed by atoms with Gasteiger partial charge in [-0.1, -0.05) is 12.1 Å². The molecule has 0 atom stereocenters. The third-order valence-electron chi connectivity index (χ3n) is 3.52. The molecule has 0 aliphatic heterocycles. The van der Waals surface area contributed by atoms with Crippen LogP contribution in [0.5, 0.6) is 0 Å². The highest BCUT2D eigenvalue weighted by Crippen LogP contribution is 2.11. The van der Waals surface area contributed by atoms with Gasteiger partial charge in [0.2, 0.25) is 0 Å². The molecule has 0 bridgehead atoms. The highest BCUT2D eigenvalue weighted by molar-refractivity contribution is 5.42. The molecule has 0 radical (unpaired) electrons. The molecular weight excluding hydrogens is 276 g/mol. The lowest BCUT2D eigenvalue weighted by atomic mass is 10.2. The van der Waals surface area contributed by atoms with Crippen LogP contribution in [0.15, 0.2) is 70.5 Å². The molecular formula is C18H16N2O2. The molecule has 1 aromatic carbocycles. The fraction of sp³-hybridized carbons (Fsp3) is 0.111.